The first-order valence-electron chi connectivity index (χ1n) is 10.8. The van der Waals surface area contributed by atoms with Crippen molar-refractivity contribution >= 4 is 40.0 Å². The van der Waals surface area contributed by atoms with Crippen molar-refractivity contribution in [3.8, 4) is 0 Å². The molecule has 37 heavy (non-hydrogen) atoms. The number of carbonyl (C=O) groups excluding carboxylic acids is 2. The molecule has 2 amide bonds. The summed E-state index contributed by atoms with van der Waals surface area (Å²) in [7, 11) is 0. The van der Waals surface area contributed by atoms with Crippen LogP contribution in [0.25, 0.3) is 10.9 Å². The quantitative estimate of drug-likeness (QED) is 0.330. The smallest absolute Gasteiger partial charge is 0.364 e. The number of halogens is 5. The standard InChI is InChI=1S/C23H19ClF4N6O3/c1-9(2)16-4-11(37-33-16)8-34-10(3)19(20(32-34)23(26,27)28)31-22(36)13-6-18(21(29)35)30-17-7-15(25)14(24)5-12(13)17/h4-7,9H,8H2,1-3H3,(H2,29,35)(H,31,36). The van der Waals surface area contributed by atoms with E-state index in [2.05, 4.69) is 20.6 Å². The van der Waals surface area contributed by atoms with E-state index in [0.717, 1.165) is 22.9 Å². The molecule has 0 radical (unpaired) electrons. The van der Waals surface area contributed by atoms with Crippen molar-refractivity contribution in [2.45, 2.75) is 39.4 Å². The Morgan fingerprint density at radius 3 is 2.51 bits per heavy atom. The molecule has 194 valence electrons. The lowest BCUT2D eigenvalue weighted by molar-refractivity contribution is -0.140. The average molecular weight is 539 g/mol. The van der Waals surface area contributed by atoms with Gasteiger partial charge in [0, 0.05) is 17.5 Å². The summed E-state index contributed by atoms with van der Waals surface area (Å²) in [5.41, 5.74) is 3.07. The van der Waals surface area contributed by atoms with Crippen molar-refractivity contribution in [3.63, 3.8) is 0 Å². The SMILES string of the molecule is Cc1c(NC(=O)c2cc(C(N)=O)nc3cc(F)c(Cl)cc23)c(C(F)(F)F)nn1Cc1cc(C(C)C)no1. The van der Waals surface area contributed by atoms with Crippen molar-refractivity contribution in [3.05, 3.63) is 69.2 Å². The van der Waals surface area contributed by atoms with Crippen LogP contribution in [-0.2, 0) is 12.7 Å². The maximum atomic E-state index is 14.0. The average Bonchev–Trinajstić information content (AvgIpc) is 3.39. The van der Waals surface area contributed by atoms with E-state index in [9.17, 15) is 27.2 Å². The van der Waals surface area contributed by atoms with Gasteiger partial charge in [0.2, 0.25) is 0 Å². The van der Waals surface area contributed by atoms with Crippen LogP contribution in [0.3, 0.4) is 0 Å². The summed E-state index contributed by atoms with van der Waals surface area (Å²) in [5, 5.41) is 9.38. The number of primary amides is 1. The molecule has 0 saturated carbocycles. The number of nitrogens with one attached hydrogen (secondary N) is 1. The second-order valence-electron chi connectivity index (χ2n) is 8.49. The number of alkyl halides is 3. The number of benzene rings is 1. The Kier molecular flexibility index (Phi) is 6.67. The minimum atomic E-state index is -4.92. The molecule has 3 N–H and O–H groups in total. The van der Waals surface area contributed by atoms with Crippen molar-refractivity contribution in [2.75, 3.05) is 5.32 Å². The molecule has 0 unspecified atom stereocenters. The number of anilines is 1. The van der Waals surface area contributed by atoms with Crippen LogP contribution >= 0.6 is 11.6 Å². The minimum Gasteiger partial charge on any atom is -0.364 e. The van der Waals surface area contributed by atoms with Gasteiger partial charge in [-0.1, -0.05) is 30.6 Å². The zero-order chi connectivity index (χ0) is 27.2. The van der Waals surface area contributed by atoms with Crippen LogP contribution in [0.15, 0.2) is 28.8 Å². The Morgan fingerprint density at radius 2 is 1.92 bits per heavy atom. The Bertz CT molecular complexity index is 1540. The summed E-state index contributed by atoms with van der Waals surface area (Å²) < 4.78 is 61.8. The highest BCUT2D eigenvalue weighted by molar-refractivity contribution is 6.31. The third-order valence-electron chi connectivity index (χ3n) is 5.54. The number of aromatic nitrogens is 4. The van der Waals surface area contributed by atoms with Crippen molar-refractivity contribution < 1.29 is 31.7 Å². The summed E-state index contributed by atoms with van der Waals surface area (Å²) in [4.78, 5) is 28.8. The molecular formula is C23H19ClF4N6O3. The number of pyridine rings is 1. The Morgan fingerprint density at radius 1 is 1.22 bits per heavy atom. The number of rotatable bonds is 6. The van der Waals surface area contributed by atoms with Crippen LogP contribution in [0.5, 0.6) is 0 Å². The fraction of sp³-hybridized carbons (Fsp3) is 0.261. The van der Waals surface area contributed by atoms with Gasteiger partial charge >= 0.3 is 6.18 Å². The number of carbonyl (C=O) groups is 2. The normalized spacial score (nSPS) is 11.9. The number of nitrogens with zero attached hydrogens (tertiary/aromatic N) is 4. The summed E-state index contributed by atoms with van der Waals surface area (Å²) in [6.45, 7) is 4.92. The lowest BCUT2D eigenvalue weighted by atomic mass is 10.1. The molecule has 0 aliphatic heterocycles. The first-order chi connectivity index (χ1) is 17.3. The maximum absolute atomic E-state index is 14.0. The fourth-order valence-electron chi connectivity index (χ4n) is 3.59. The molecule has 0 saturated heterocycles. The van der Waals surface area contributed by atoms with Crippen LogP contribution in [0, 0.1) is 12.7 Å². The van der Waals surface area contributed by atoms with Crippen molar-refractivity contribution in [2.24, 2.45) is 5.73 Å². The van der Waals surface area contributed by atoms with Gasteiger partial charge in [0.05, 0.1) is 33.2 Å². The number of hydrogen-bond acceptors (Lipinski definition) is 6. The topological polar surface area (TPSA) is 129 Å². The van der Waals surface area contributed by atoms with Gasteiger partial charge in [-0.3, -0.25) is 14.3 Å². The molecule has 0 atom stereocenters. The number of nitrogens with two attached hydrogens (primary N) is 1. The van der Waals surface area contributed by atoms with E-state index < -0.39 is 40.9 Å². The zero-order valence-electron chi connectivity index (χ0n) is 19.6. The first kappa shape index (κ1) is 26.1. The molecule has 9 nitrogen and oxygen atoms in total. The van der Waals surface area contributed by atoms with Gasteiger partial charge in [0.25, 0.3) is 11.8 Å². The van der Waals surface area contributed by atoms with E-state index in [1.54, 1.807) is 6.07 Å². The van der Waals surface area contributed by atoms with Crippen LogP contribution in [0.2, 0.25) is 5.02 Å². The Labute approximate surface area is 211 Å². The van der Waals surface area contributed by atoms with Gasteiger partial charge in [-0.15, -0.1) is 0 Å². The molecule has 0 aliphatic rings. The predicted octanol–water partition coefficient (Wildman–Crippen LogP) is 5.06. The fourth-order valence-corrected chi connectivity index (χ4v) is 3.75. The highest BCUT2D eigenvalue weighted by Crippen LogP contribution is 2.37. The lowest BCUT2D eigenvalue weighted by Crippen LogP contribution is -2.19. The van der Waals surface area contributed by atoms with E-state index in [1.165, 1.54) is 6.92 Å². The van der Waals surface area contributed by atoms with Gasteiger partial charge in [0.1, 0.15) is 18.1 Å². The molecule has 3 heterocycles. The van der Waals surface area contributed by atoms with E-state index in [4.69, 9.17) is 21.9 Å². The molecule has 4 aromatic rings. The molecule has 14 heteroatoms. The third-order valence-corrected chi connectivity index (χ3v) is 5.83. The predicted molar refractivity (Wildman–Crippen MR) is 125 cm³/mol. The highest BCUT2D eigenvalue weighted by atomic mass is 35.5. The third kappa shape index (κ3) is 5.12. The molecule has 4 rings (SSSR count). The molecule has 0 spiro atoms. The Hall–Kier alpha value is -4.00. The second kappa shape index (κ2) is 9.47. The minimum absolute atomic E-state index is 0.00428. The highest BCUT2D eigenvalue weighted by Gasteiger charge is 2.39. The summed E-state index contributed by atoms with van der Waals surface area (Å²) in [6, 6.07) is 4.56. The molecule has 0 fully saturated rings. The molecular weight excluding hydrogens is 520 g/mol. The van der Waals surface area contributed by atoms with Gasteiger partial charge in [0.15, 0.2) is 11.5 Å². The van der Waals surface area contributed by atoms with Crippen LogP contribution in [-0.4, -0.2) is 31.7 Å². The molecule has 3 aromatic heterocycles. The number of fused-ring (bicyclic) bond motifs is 1. The van der Waals surface area contributed by atoms with Gasteiger partial charge in [-0.2, -0.15) is 18.3 Å². The summed E-state index contributed by atoms with van der Waals surface area (Å²) in [6.07, 6.45) is -4.92. The van der Waals surface area contributed by atoms with Gasteiger partial charge < -0.3 is 15.6 Å². The van der Waals surface area contributed by atoms with Crippen molar-refractivity contribution in [1.82, 2.24) is 19.9 Å². The van der Waals surface area contributed by atoms with Crippen LogP contribution in [0.4, 0.5) is 23.2 Å². The van der Waals surface area contributed by atoms with Crippen LogP contribution in [0.1, 0.15) is 63.5 Å². The van der Waals surface area contributed by atoms with E-state index in [1.807, 2.05) is 13.8 Å². The molecule has 0 aliphatic carbocycles. The summed E-state index contributed by atoms with van der Waals surface area (Å²) >= 11 is 5.84. The first-order valence-corrected chi connectivity index (χ1v) is 11.1. The number of hydrogen-bond donors (Lipinski definition) is 2. The van der Waals surface area contributed by atoms with Gasteiger partial charge in [-0.05, 0) is 25.0 Å². The van der Waals surface area contributed by atoms with Crippen LogP contribution < -0.4 is 11.1 Å². The van der Waals surface area contributed by atoms with Crippen molar-refractivity contribution in [1.29, 1.82) is 0 Å². The van der Waals surface area contributed by atoms with E-state index in [0.29, 0.717) is 5.69 Å². The summed E-state index contributed by atoms with van der Waals surface area (Å²) in [5.74, 6) is -2.64. The Balaban J connectivity index is 1.78. The largest absolute Gasteiger partial charge is 0.437 e. The zero-order valence-corrected chi connectivity index (χ0v) is 20.3. The molecule has 0 bridgehead atoms. The number of amides is 2. The van der Waals surface area contributed by atoms with E-state index in [-0.39, 0.29) is 45.4 Å². The maximum Gasteiger partial charge on any atom is 0.437 e. The monoisotopic (exact) mass is 538 g/mol. The lowest BCUT2D eigenvalue weighted by Gasteiger charge is -2.12. The van der Waals surface area contributed by atoms with E-state index >= 15 is 0 Å². The second-order valence-corrected chi connectivity index (χ2v) is 8.90. The molecule has 1 aromatic carbocycles. The van der Waals surface area contributed by atoms with Gasteiger partial charge in [-0.25, -0.2) is 9.37 Å².